The minimum Gasteiger partial charge on any atom is -0.303 e. The molecular weight excluding hydrogens is 230 g/mol. The van der Waals surface area contributed by atoms with Gasteiger partial charge in [0.1, 0.15) is 0 Å². The van der Waals surface area contributed by atoms with Crippen molar-refractivity contribution < 1.29 is 0 Å². The quantitative estimate of drug-likeness (QED) is 0.613. The highest BCUT2D eigenvalue weighted by atomic mass is 15.1. The van der Waals surface area contributed by atoms with Crippen LogP contribution >= 0.6 is 0 Å². The van der Waals surface area contributed by atoms with Crippen LogP contribution in [0.15, 0.2) is 30.3 Å². The fourth-order valence-electron chi connectivity index (χ4n) is 2.29. The first-order valence-corrected chi connectivity index (χ1v) is 8.05. The fourth-order valence-corrected chi connectivity index (χ4v) is 2.29. The summed E-state index contributed by atoms with van der Waals surface area (Å²) in [5, 5.41) is 0. The summed E-state index contributed by atoms with van der Waals surface area (Å²) in [6.07, 6.45) is 3.80. The molecule has 1 nitrogen and oxygen atoms in total. The van der Waals surface area contributed by atoms with Crippen molar-refractivity contribution >= 4 is 0 Å². The van der Waals surface area contributed by atoms with Crippen molar-refractivity contribution in [3.63, 3.8) is 0 Å². The van der Waals surface area contributed by atoms with E-state index in [0.717, 1.165) is 0 Å². The zero-order valence-electron chi connectivity index (χ0n) is 13.7. The molecule has 0 aliphatic carbocycles. The van der Waals surface area contributed by atoms with Crippen molar-refractivity contribution in [3.05, 3.63) is 35.9 Å². The number of nitrogens with zero attached hydrogens (tertiary/aromatic N) is 1. The van der Waals surface area contributed by atoms with E-state index in [-0.39, 0.29) is 0 Å². The van der Waals surface area contributed by atoms with E-state index in [1.54, 1.807) is 0 Å². The summed E-state index contributed by atoms with van der Waals surface area (Å²) >= 11 is 0. The Morgan fingerprint density at radius 3 is 1.89 bits per heavy atom. The van der Waals surface area contributed by atoms with Gasteiger partial charge in [-0.2, -0.15) is 0 Å². The lowest BCUT2D eigenvalue weighted by Gasteiger charge is -2.23. The van der Waals surface area contributed by atoms with Crippen LogP contribution in [-0.4, -0.2) is 24.5 Å². The maximum absolute atomic E-state index is 2.60. The number of hydrogen-bond donors (Lipinski definition) is 0. The first-order valence-electron chi connectivity index (χ1n) is 8.05. The molecule has 0 aliphatic heterocycles. The van der Waals surface area contributed by atoms with Crippen molar-refractivity contribution in [3.8, 4) is 0 Å². The Bertz CT molecular complexity index is 275. The van der Waals surface area contributed by atoms with E-state index in [0.29, 0.717) is 5.92 Å². The maximum atomic E-state index is 2.60. The number of rotatable bonds is 8. The van der Waals surface area contributed by atoms with Gasteiger partial charge in [0.05, 0.1) is 0 Å². The molecule has 0 radical (unpaired) electrons. The SMILES string of the molecule is CC.CCCN(CCC)CCC(C)c1ccccc1. The molecule has 110 valence electrons. The largest absolute Gasteiger partial charge is 0.303 e. The number of benzene rings is 1. The van der Waals surface area contributed by atoms with Crippen molar-refractivity contribution in [1.82, 2.24) is 4.90 Å². The molecule has 0 fully saturated rings. The lowest BCUT2D eigenvalue weighted by molar-refractivity contribution is 0.265. The van der Waals surface area contributed by atoms with Crippen LogP contribution in [-0.2, 0) is 0 Å². The van der Waals surface area contributed by atoms with Gasteiger partial charge in [0.15, 0.2) is 0 Å². The molecule has 1 unspecified atom stereocenters. The average molecular weight is 263 g/mol. The second kappa shape index (κ2) is 12.2. The van der Waals surface area contributed by atoms with E-state index in [1.165, 1.54) is 44.5 Å². The molecule has 0 aliphatic rings. The predicted octanol–water partition coefficient (Wildman–Crippen LogP) is 5.33. The van der Waals surface area contributed by atoms with Crippen molar-refractivity contribution in [2.24, 2.45) is 0 Å². The summed E-state index contributed by atoms with van der Waals surface area (Å²) in [6.45, 7) is 14.6. The second-order valence-corrected chi connectivity index (χ2v) is 4.94. The minimum atomic E-state index is 0.674. The highest BCUT2D eigenvalue weighted by Gasteiger charge is 2.08. The average Bonchev–Trinajstić information content (AvgIpc) is 2.48. The Balaban J connectivity index is 0.00000154. The Labute approximate surface area is 121 Å². The highest BCUT2D eigenvalue weighted by Crippen LogP contribution is 2.18. The Hall–Kier alpha value is -0.820. The van der Waals surface area contributed by atoms with Crippen LogP contribution in [0.1, 0.15) is 65.4 Å². The Morgan fingerprint density at radius 1 is 0.895 bits per heavy atom. The van der Waals surface area contributed by atoms with Crippen LogP contribution in [0.3, 0.4) is 0 Å². The molecule has 0 bridgehead atoms. The Morgan fingerprint density at radius 2 is 1.42 bits per heavy atom. The zero-order chi connectivity index (χ0) is 14.5. The van der Waals surface area contributed by atoms with Gasteiger partial charge in [-0.1, -0.05) is 65.0 Å². The molecule has 19 heavy (non-hydrogen) atoms. The topological polar surface area (TPSA) is 3.24 Å². The summed E-state index contributed by atoms with van der Waals surface area (Å²) in [5.41, 5.74) is 1.47. The van der Waals surface area contributed by atoms with Gasteiger partial charge < -0.3 is 4.90 Å². The van der Waals surface area contributed by atoms with Crippen LogP contribution < -0.4 is 0 Å². The van der Waals surface area contributed by atoms with E-state index >= 15 is 0 Å². The second-order valence-electron chi connectivity index (χ2n) is 4.94. The van der Waals surface area contributed by atoms with Gasteiger partial charge in [0, 0.05) is 0 Å². The molecule has 0 saturated heterocycles. The van der Waals surface area contributed by atoms with Gasteiger partial charge in [-0.15, -0.1) is 0 Å². The maximum Gasteiger partial charge on any atom is -0.00130 e. The molecule has 1 aromatic carbocycles. The summed E-state index contributed by atoms with van der Waals surface area (Å²) in [7, 11) is 0. The van der Waals surface area contributed by atoms with Crippen molar-refractivity contribution in [2.45, 2.75) is 59.8 Å². The molecule has 0 heterocycles. The van der Waals surface area contributed by atoms with Crippen LogP contribution in [0.5, 0.6) is 0 Å². The van der Waals surface area contributed by atoms with Gasteiger partial charge in [0.25, 0.3) is 0 Å². The molecule has 1 aromatic rings. The summed E-state index contributed by atoms with van der Waals surface area (Å²) in [6, 6.07) is 10.9. The molecule has 0 amide bonds. The van der Waals surface area contributed by atoms with E-state index in [9.17, 15) is 0 Å². The van der Waals surface area contributed by atoms with E-state index in [2.05, 4.69) is 56.0 Å². The standard InChI is InChI=1S/C16H27N.C2H6/c1-4-12-17(13-5-2)14-11-15(3)16-9-7-6-8-10-16;1-2/h6-10,15H,4-5,11-14H2,1-3H3;1-2H3. The molecular formula is C18H33N. The lowest BCUT2D eigenvalue weighted by Crippen LogP contribution is -2.27. The summed E-state index contributed by atoms with van der Waals surface area (Å²) in [5.74, 6) is 0.674. The van der Waals surface area contributed by atoms with Crippen molar-refractivity contribution in [1.29, 1.82) is 0 Å². The van der Waals surface area contributed by atoms with Gasteiger partial charge in [-0.3, -0.25) is 0 Å². The monoisotopic (exact) mass is 263 g/mol. The molecule has 1 heteroatoms. The third-order valence-electron chi connectivity index (χ3n) is 3.33. The normalized spacial score (nSPS) is 11.9. The van der Waals surface area contributed by atoms with Gasteiger partial charge in [-0.25, -0.2) is 0 Å². The van der Waals surface area contributed by atoms with Crippen molar-refractivity contribution in [2.75, 3.05) is 19.6 Å². The van der Waals surface area contributed by atoms with Gasteiger partial charge >= 0.3 is 0 Å². The van der Waals surface area contributed by atoms with Crippen LogP contribution in [0.25, 0.3) is 0 Å². The number of hydrogen-bond acceptors (Lipinski definition) is 1. The third-order valence-corrected chi connectivity index (χ3v) is 3.33. The molecule has 0 saturated carbocycles. The smallest absolute Gasteiger partial charge is 0.00130 e. The highest BCUT2D eigenvalue weighted by molar-refractivity contribution is 5.18. The lowest BCUT2D eigenvalue weighted by atomic mass is 9.98. The van der Waals surface area contributed by atoms with E-state index in [1.807, 2.05) is 13.8 Å². The third kappa shape index (κ3) is 8.05. The molecule has 1 rings (SSSR count). The first-order chi connectivity index (χ1) is 9.27. The van der Waals surface area contributed by atoms with E-state index in [4.69, 9.17) is 0 Å². The fraction of sp³-hybridized carbons (Fsp3) is 0.667. The van der Waals surface area contributed by atoms with Crippen LogP contribution in [0.4, 0.5) is 0 Å². The van der Waals surface area contributed by atoms with Gasteiger partial charge in [-0.05, 0) is 50.4 Å². The summed E-state index contributed by atoms with van der Waals surface area (Å²) in [4.78, 5) is 2.60. The molecule has 0 spiro atoms. The molecule has 1 atom stereocenters. The predicted molar refractivity (Wildman–Crippen MR) is 87.8 cm³/mol. The summed E-state index contributed by atoms with van der Waals surface area (Å²) < 4.78 is 0. The van der Waals surface area contributed by atoms with Gasteiger partial charge in [0.2, 0.25) is 0 Å². The molecule has 0 aromatic heterocycles. The Kier molecular flexibility index (Phi) is 11.7. The van der Waals surface area contributed by atoms with E-state index < -0.39 is 0 Å². The van der Waals surface area contributed by atoms with Crippen LogP contribution in [0.2, 0.25) is 0 Å². The molecule has 0 N–H and O–H groups in total. The zero-order valence-corrected chi connectivity index (χ0v) is 13.7. The minimum absolute atomic E-state index is 0.674. The first kappa shape index (κ1) is 18.2. The van der Waals surface area contributed by atoms with Crippen LogP contribution in [0, 0.1) is 0 Å².